The molecule has 2 atom stereocenters. The van der Waals surface area contributed by atoms with Crippen molar-refractivity contribution < 1.29 is 4.74 Å². The minimum atomic E-state index is 0.379. The fourth-order valence-corrected chi connectivity index (χ4v) is 3.07. The number of likely N-dealkylation sites (N-methyl/N-ethyl adjacent to an activating group) is 2. The molecular weight excluding hydrogens is 262 g/mol. The zero-order valence-corrected chi connectivity index (χ0v) is 13.8. The molecule has 1 heterocycles. The third-order valence-electron chi connectivity index (χ3n) is 4.43. The lowest BCUT2D eigenvalue weighted by Crippen LogP contribution is -2.51. The van der Waals surface area contributed by atoms with E-state index in [-0.39, 0.29) is 0 Å². The lowest BCUT2D eigenvalue weighted by Gasteiger charge is -2.39. The summed E-state index contributed by atoms with van der Waals surface area (Å²) in [6.07, 6.45) is 1.13. The maximum atomic E-state index is 5.36. The third-order valence-corrected chi connectivity index (χ3v) is 4.43. The summed E-state index contributed by atoms with van der Waals surface area (Å²) in [6, 6.07) is 9.41. The molecule has 0 aliphatic carbocycles. The molecule has 1 fully saturated rings. The molecule has 0 amide bonds. The molecule has 1 aliphatic rings. The van der Waals surface area contributed by atoms with Crippen LogP contribution in [0.5, 0.6) is 5.75 Å². The normalized spacial score (nSPS) is 22.2. The summed E-state index contributed by atoms with van der Waals surface area (Å²) in [7, 11) is 6.19. The Hall–Kier alpha value is -1.10. The van der Waals surface area contributed by atoms with E-state index in [4.69, 9.17) is 4.74 Å². The lowest BCUT2D eigenvalue weighted by molar-refractivity contribution is 0.101. The largest absolute Gasteiger partial charge is 0.497 e. The number of methoxy groups -OCH3 is 1. The van der Waals surface area contributed by atoms with Gasteiger partial charge < -0.3 is 19.9 Å². The van der Waals surface area contributed by atoms with Crippen molar-refractivity contribution >= 4 is 0 Å². The van der Waals surface area contributed by atoms with E-state index < -0.39 is 0 Å². The van der Waals surface area contributed by atoms with Crippen LogP contribution in [0.4, 0.5) is 0 Å². The number of hydrogen-bond acceptors (Lipinski definition) is 4. The van der Waals surface area contributed by atoms with Crippen molar-refractivity contribution in [1.29, 1.82) is 0 Å². The second-order valence-corrected chi connectivity index (χ2v) is 6.02. The fraction of sp³-hybridized carbons (Fsp3) is 0.647. The zero-order chi connectivity index (χ0) is 15.2. The fourth-order valence-electron chi connectivity index (χ4n) is 3.07. The third kappa shape index (κ3) is 4.43. The number of piperazine rings is 1. The molecule has 4 heteroatoms. The molecule has 0 saturated carbocycles. The predicted octanol–water partition coefficient (Wildman–Crippen LogP) is 1.98. The minimum absolute atomic E-state index is 0.379. The minimum Gasteiger partial charge on any atom is -0.497 e. The summed E-state index contributed by atoms with van der Waals surface area (Å²) in [5.74, 6) is 0.935. The van der Waals surface area contributed by atoms with Crippen LogP contribution in [0, 0.1) is 0 Å². The van der Waals surface area contributed by atoms with E-state index >= 15 is 0 Å². The first-order valence-electron chi connectivity index (χ1n) is 7.90. The molecule has 1 aliphatic heterocycles. The molecule has 1 saturated heterocycles. The first-order valence-corrected chi connectivity index (χ1v) is 7.90. The van der Waals surface area contributed by atoms with Gasteiger partial charge in [-0.05, 0) is 44.8 Å². The van der Waals surface area contributed by atoms with Crippen molar-refractivity contribution in [1.82, 2.24) is 15.1 Å². The molecular formula is C17H29N3O. The lowest BCUT2D eigenvalue weighted by atomic mass is 9.97. The molecule has 0 radical (unpaired) electrons. The second-order valence-electron chi connectivity index (χ2n) is 6.02. The molecule has 2 rings (SSSR count). The van der Waals surface area contributed by atoms with Crippen LogP contribution >= 0.6 is 0 Å². The highest BCUT2D eigenvalue weighted by atomic mass is 16.5. The van der Waals surface area contributed by atoms with Crippen LogP contribution in [0.3, 0.4) is 0 Å². The number of hydrogen-bond donors (Lipinski definition) is 1. The van der Waals surface area contributed by atoms with Gasteiger partial charge in [0.1, 0.15) is 5.75 Å². The Bertz CT molecular complexity index is 438. The zero-order valence-electron chi connectivity index (χ0n) is 13.8. The molecule has 4 nitrogen and oxygen atoms in total. The van der Waals surface area contributed by atoms with E-state index in [0.717, 1.165) is 38.3 Å². The van der Waals surface area contributed by atoms with Gasteiger partial charge in [0.2, 0.25) is 0 Å². The first-order chi connectivity index (χ1) is 10.1. The monoisotopic (exact) mass is 291 g/mol. The van der Waals surface area contributed by atoms with Gasteiger partial charge in [0.15, 0.2) is 0 Å². The van der Waals surface area contributed by atoms with Gasteiger partial charge in [-0.15, -0.1) is 0 Å². The van der Waals surface area contributed by atoms with E-state index in [9.17, 15) is 0 Å². The summed E-state index contributed by atoms with van der Waals surface area (Å²) in [4.78, 5) is 4.92. The van der Waals surface area contributed by atoms with Gasteiger partial charge in [0, 0.05) is 31.7 Å². The van der Waals surface area contributed by atoms with Crippen molar-refractivity contribution in [3.63, 3.8) is 0 Å². The average Bonchev–Trinajstić information content (AvgIpc) is 2.50. The molecule has 0 aromatic heterocycles. The van der Waals surface area contributed by atoms with E-state index in [0.29, 0.717) is 12.1 Å². The molecule has 118 valence electrons. The maximum Gasteiger partial charge on any atom is 0.119 e. The smallest absolute Gasteiger partial charge is 0.119 e. The predicted molar refractivity (Wildman–Crippen MR) is 87.9 cm³/mol. The number of nitrogens with one attached hydrogen (secondary N) is 1. The highest BCUT2D eigenvalue weighted by Gasteiger charge is 2.25. The van der Waals surface area contributed by atoms with Crippen LogP contribution in [-0.2, 0) is 0 Å². The standard InChI is InChI=1S/C17H29N3O/c1-5-18-17(14-7-6-8-16(11-14)21-4)12-15-13-19(2)9-10-20(15)3/h6-8,11,15,17-18H,5,9-10,12-13H2,1-4H3. The number of benzene rings is 1. The summed E-state index contributed by atoms with van der Waals surface area (Å²) in [5, 5.41) is 3.63. The number of rotatable bonds is 6. The van der Waals surface area contributed by atoms with Gasteiger partial charge >= 0.3 is 0 Å². The van der Waals surface area contributed by atoms with Gasteiger partial charge in [-0.2, -0.15) is 0 Å². The van der Waals surface area contributed by atoms with Gasteiger partial charge in [0.25, 0.3) is 0 Å². The number of nitrogens with zero attached hydrogens (tertiary/aromatic N) is 2. The Morgan fingerprint density at radius 2 is 2.14 bits per heavy atom. The van der Waals surface area contributed by atoms with Gasteiger partial charge in [-0.25, -0.2) is 0 Å². The van der Waals surface area contributed by atoms with E-state index in [1.165, 1.54) is 5.56 Å². The quantitative estimate of drug-likeness (QED) is 0.867. The maximum absolute atomic E-state index is 5.36. The van der Waals surface area contributed by atoms with Crippen LogP contribution < -0.4 is 10.1 Å². The number of ether oxygens (including phenoxy) is 1. The topological polar surface area (TPSA) is 27.7 Å². The van der Waals surface area contributed by atoms with E-state index in [1.807, 2.05) is 6.07 Å². The van der Waals surface area contributed by atoms with Gasteiger partial charge in [-0.3, -0.25) is 0 Å². The molecule has 1 N–H and O–H groups in total. The second kappa shape index (κ2) is 7.78. The Balaban J connectivity index is 2.10. The molecule has 1 aromatic rings. The highest BCUT2D eigenvalue weighted by molar-refractivity contribution is 5.30. The van der Waals surface area contributed by atoms with Crippen LogP contribution in [0.2, 0.25) is 0 Å². The average molecular weight is 291 g/mol. The van der Waals surface area contributed by atoms with E-state index in [1.54, 1.807) is 7.11 Å². The van der Waals surface area contributed by atoms with E-state index in [2.05, 4.69) is 54.3 Å². The van der Waals surface area contributed by atoms with Crippen LogP contribution in [0.25, 0.3) is 0 Å². The van der Waals surface area contributed by atoms with Crippen molar-refractivity contribution in [2.24, 2.45) is 0 Å². The Morgan fingerprint density at radius 3 is 2.86 bits per heavy atom. The van der Waals surface area contributed by atoms with Gasteiger partial charge in [-0.1, -0.05) is 19.1 Å². The Morgan fingerprint density at radius 1 is 1.33 bits per heavy atom. The van der Waals surface area contributed by atoms with Gasteiger partial charge in [0.05, 0.1) is 7.11 Å². The first kappa shape index (κ1) is 16.3. The molecule has 21 heavy (non-hydrogen) atoms. The summed E-state index contributed by atoms with van der Waals surface area (Å²) < 4.78 is 5.36. The van der Waals surface area contributed by atoms with Crippen LogP contribution in [0.1, 0.15) is 24.9 Å². The summed E-state index contributed by atoms with van der Waals surface area (Å²) >= 11 is 0. The SMILES string of the molecule is CCNC(CC1CN(C)CCN1C)c1cccc(OC)c1. The Labute approximate surface area is 129 Å². The van der Waals surface area contributed by atoms with Crippen molar-refractivity contribution in [3.05, 3.63) is 29.8 Å². The molecule has 0 spiro atoms. The Kier molecular flexibility index (Phi) is 6.03. The molecule has 1 aromatic carbocycles. The van der Waals surface area contributed by atoms with Crippen molar-refractivity contribution in [2.45, 2.75) is 25.4 Å². The highest BCUT2D eigenvalue weighted by Crippen LogP contribution is 2.25. The van der Waals surface area contributed by atoms with Crippen LogP contribution in [-0.4, -0.2) is 63.2 Å². The van der Waals surface area contributed by atoms with Crippen LogP contribution in [0.15, 0.2) is 24.3 Å². The summed E-state index contributed by atoms with van der Waals surface area (Å²) in [5.41, 5.74) is 1.32. The summed E-state index contributed by atoms with van der Waals surface area (Å²) in [6.45, 7) is 6.61. The van der Waals surface area contributed by atoms with Crippen molar-refractivity contribution in [3.8, 4) is 5.75 Å². The van der Waals surface area contributed by atoms with Crippen molar-refractivity contribution in [2.75, 3.05) is 47.4 Å². The molecule has 2 unspecified atom stereocenters. The molecule has 0 bridgehead atoms.